The first kappa shape index (κ1) is 13.0. The Kier molecular flexibility index (Phi) is 3.64. The largest absolute Gasteiger partial charge is 0.508 e. The molecule has 0 amide bonds. The van der Waals surface area contributed by atoms with E-state index in [0.717, 1.165) is 19.3 Å². The Morgan fingerprint density at radius 3 is 2.90 bits per heavy atom. The molecule has 0 saturated carbocycles. The van der Waals surface area contributed by atoms with Gasteiger partial charge in [0.15, 0.2) is 0 Å². The van der Waals surface area contributed by atoms with Crippen LogP contribution in [0.2, 0.25) is 0 Å². The van der Waals surface area contributed by atoms with Crippen LogP contribution in [0, 0.1) is 0 Å². The maximum absolute atomic E-state index is 9.63. The van der Waals surface area contributed by atoms with Crippen molar-refractivity contribution in [2.45, 2.75) is 38.6 Å². The third-order valence-corrected chi connectivity index (χ3v) is 4.17. The molecule has 0 spiro atoms. The van der Waals surface area contributed by atoms with Crippen LogP contribution in [0.1, 0.15) is 42.5 Å². The highest BCUT2D eigenvalue weighted by molar-refractivity contribution is 5.54. The summed E-state index contributed by atoms with van der Waals surface area (Å²) >= 11 is 0. The molecule has 0 fully saturated rings. The zero-order valence-corrected chi connectivity index (χ0v) is 11.9. The minimum absolute atomic E-state index is 0.354. The number of aryl methyl sites for hydroxylation is 2. The van der Waals surface area contributed by atoms with Crippen LogP contribution in [0.5, 0.6) is 5.75 Å². The fraction of sp³-hybridized carbons (Fsp3) is 0.333. The molecule has 0 heterocycles. The van der Waals surface area contributed by atoms with Crippen LogP contribution in [-0.4, -0.2) is 5.11 Å². The van der Waals surface area contributed by atoms with E-state index in [2.05, 4.69) is 42.6 Å². The highest BCUT2D eigenvalue weighted by Crippen LogP contribution is 2.34. The van der Waals surface area contributed by atoms with Crippen molar-refractivity contribution in [2.75, 3.05) is 5.32 Å². The number of hydrogen-bond acceptors (Lipinski definition) is 2. The van der Waals surface area contributed by atoms with Crippen LogP contribution >= 0.6 is 0 Å². The minimum atomic E-state index is 0.354. The van der Waals surface area contributed by atoms with Gasteiger partial charge in [0, 0.05) is 5.69 Å². The lowest BCUT2D eigenvalue weighted by atomic mass is 9.87. The van der Waals surface area contributed by atoms with Gasteiger partial charge in [0.1, 0.15) is 5.75 Å². The van der Waals surface area contributed by atoms with Gasteiger partial charge in [0.05, 0.1) is 6.04 Å². The van der Waals surface area contributed by atoms with Gasteiger partial charge in [0.25, 0.3) is 0 Å². The standard InChI is InChI=1S/C18H21NO/c1-2-13-6-3-4-8-17(13)19-18-9-5-7-14-12-15(20)10-11-16(14)18/h3-4,6,8,10-12,18-20H,2,5,7,9H2,1H3. The van der Waals surface area contributed by atoms with Gasteiger partial charge >= 0.3 is 0 Å². The normalized spacial score (nSPS) is 17.6. The van der Waals surface area contributed by atoms with Crippen LogP contribution in [-0.2, 0) is 12.8 Å². The van der Waals surface area contributed by atoms with Crippen molar-refractivity contribution < 1.29 is 5.11 Å². The van der Waals surface area contributed by atoms with E-state index < -0.39 is 0 Å². The van der Waals surface area contributed by atoms with Gasteiger partial charge < -0.3 is 10.4 Å². The van der Waals surface area contributed by atoms with E-state index in [1.165, 1.54) is 28.8 Å². The second-order valence-electron chi connectivity index (χ2n) is 5.48. The van der Waals surface area contributed by atoms with Crippen LogP contribution in [0.25, 0.3) is 0 Å². The van der Waals surface area contributed by atoms with E-state index in [9.17, 15) is 5.11 Å². The second-order valence-corrected chi connectivity index (χ2v) is 5.48. The van der Waals surface area contributed by atoms with E-state index in [0.29, 0.717) is 11.8 Å². The second kappa shape index (κ2) is 5.58. The summed E-state index contributed by atoms with van der Waals surface area (Å²) in [6.45, 7) is 2.19. The molecule has 104 valence electrons. The molecular formula is C18H21NO. The summed E-state index contributed by atoms with van der Waals surface area (Å²) < 4.78 is 0. The monoisotopic (exact) mass is 267 g/mol. The fourth-order valence-corrected chi connectivity index (χ4v) is 3.11. The summed E-state index contributed by atoms with van der Waals surface area (Å²) in [6.07, 6.45) is 4.42. The van der Waals surface area contributed by atoms with Crippen LogP contribution in [0.4, 0.5) is 5.69 Å². The number of hydrogen-bond donors (Lipinski definition) is 2. The van der Waals surface area contributed by atoms with Crippen molar-refractivity contribution in [3.05, 3.63) is 59.2 Å². The number of aromatic hydroxyl groups is 1. The van der Waals surface area contributed by atoms with Gasteiger partial charge in [-0.05, 0) is 60.6 Å². The lowest BCUT2D eigenvalue weighted by molar-refractivity contribution is 0.472. The summed E-state index contributed by atoms with van der Waals surface area (Å²) in [5, 5.41) is 13.3. The van der Waals surface area contributed by atoms with Crippen molar-refractivity contribution in [1.29, 1.82) is 0 Å². The summed E-state index contributed by atoms with van der Waals surface area (Å²) in [5.41, 5.74) is 5.21. The van der Waals surface area contributed by atoms with E-state index in [-0.39, 0.29) is 0 Å². The first-order valence-corrected chi connectivity index (χ1v) is 7.44. The average Bonchev–Trinajstić information content (AvgIpc) is 2.47. The number of phenolic OH excluding ortho intramolecular Hbond substituents is 1. The first-order valence-electron chi connectivity index (χ1n) is 7.44. The smallest absolute Gasteiger partial charge is 0.115 e. The molecule has 2 nitrogen and oxygen atoms in total. The Morgan fingerprint density at radius 1 is 1.20 bits per heavy atom. The molecular weight excluding hydrogens is 246 g/mol. The predicted octanol–water partition coefficient (Wildman–Crippen LogP) is 4.44. The summed E-state index contributed by atoms with van der Waals surface area (Å²) in [4.78, 5) is 0. The first-order chi connectivity index (χ1) is 9.78. The molecule has 1 aliphatic rings. The topological polar surface area (TPSA) is 32.3 Å². The van der Waals surface area contributed by atoms with Crippen molar-refractivity contribution >= 4 is 5.69 Å². The highest BCUT2D eigenvalue weighted by atomic mass is 16.3. The van der Waals surface area contributed by atoms with Gasteiger partial charge in [-0.1, -0.05) is 31.2 Å². The van der Waals surface area contributed by atoms with Gasteiger partial charge in [0.2, 0.25) is 0 Å². The lowest BCUT2D eigenvalue weighted by Gasteiger charge is -2.28. The molecule has 0 bridgehead atoms. The molecule has 20 heavy (non-hydrogen) atoms. The molecule has 1 atom stereocenters. The van der Waals surface area contributed by atoms with E-state index >= 15 is 0 Å². The number of fused-ring (bicyclic) bond motifs is 1. The maximum Gasteiger partial charge on any atom is 0.115 e. The number of rotatable bonds is 3. The molecule has 0 radical (unpaired) electrons. The zero-order valence-electron chi connectivity index (χ0n) is 11.9. The third kappa shape index (κ3) is 2.51. The molecule has 3 rings (SSSR count). The molecule has 0 saturated heterocycles. The molecule has 0 aromatic heterocycles. The molecule has 1 aliphatic carbocycles. The van der Waals surface area contributed by atoms with Crippen LogP contribution < -0.4 is 5.32 Å². The quantitative estimate of drug-likeness (QED) is 0.861. The molecule has 1 unspecified atom stereocenters. The van der Waals surface area contributed by atoms with Crippen LogP contribution in [0.15, 0.2) is 42.5 Å². The van der Waals surface area contributed by atoms with E-state index in [4.69, 9.17) is 0 Å². The fourth-order valence-electron chi connectivity index (χ4n) is 3.11. The number of benzene rings is 2. The Bertz CT molecular complexity index is 606. The van der Waals surface area contributed by atoms with Gasteiger partial charge in [-0.3, -0.25) is 0 Å². The molecule has 2 aromatic rings. The summed E-state index contributed by atoms with van der Waals surface area (Å²) in [7, 11) is 0. The number of anilines is 1. The molecule has 2 heteroatoms. The summed E-state index contributed by atoms with van der Waals surface area (Å²) in [5.74, 6) is 0.373. The minimum Gasteiger partial charge on any atom is -0.508 e. The van der Waals surface area contributed by atoms with Crippen molar-refractivity contribution in [3.63, 3.8) is 0 Å². The van der Waals surface area contributed by atoms with Crippen molar-refractivity contribution in [3.8, 4) is 5.75 Å². The zero-order chi connectivity index (χ0) is 13.9. The number of phenols is 1. The van der Waals surface area contributed by atoms with Gasteiger partial charge in [-0.15, -0.1) is 0 Å². The van der Waals surface area contributed by atoms with Gasteiger partial charge in [-0.25, -0.2) is 0 Å². The molecule has 0 aliphatic heterocycles. The van der Waals surface area contributed by atoms with Crippen LogP contribution in [0.3, 0.4) is 0 Å². The van der Waals surface area contributed by atoms with E-state index in [1.807, 2.05) is 6.07 Å². The van der Waals surface area contributed by atoms with E-state index in [1.54, 1.807) is 6.07 Å². The van der Waals surface area contributed by atoms with Crippen molar-refractivity contribution in [2.24, 2.45) is 0 Å². The lowest BCUT2D eigenvalue weighted by Crippen LogP contribution is -2.18. The average molecular weight is 267 g/mol. The molecule has 2 N–H and O–H groups in total. The Labute approximate surface area is 120 Å². The Balaban J connectivity index is 1.89. The maximum atomic E-state index is 9.63. The summed E-state index contributed by atoms with van der Waals surface area (Å²) in [6, 6.07) is 14.7. The number of para-hydroxylation sites is 1. The number of nitrogens with one attached hydrogen (secondary N) is 1. The predicted molar refractivity (Wildman–Crippen MR) is 83.2 cm³/mol. The SMILES string of the molecule is CCc1ccccc1NC1CCCc2cc(O)ccc21. The third-order valence-electron chi connectivity index (χ3n) is 4.17. The molecule has 2 aromatic carbocycles. The van der Waals surface area contributed by atoms with Gasteiger partial charge in [-0.2, -0.15) is 0 Å². The Morgan fingerprint density at radius 2 is 2.05 bits per heavy atom. The highest BCUT2D eigenvalue weighted by Gasteiger charge is 2.20. The van der Waals surface area contributed by atoms with Crippen molar-refractivity contribution in [1.82, 2.24) is 0 Å². The Hall–Kier alpha value is -1.96.